The van der Waals surface area contributed by atoms with Gasteiger partial charge >= 0.3 is 0 Å². The molecule has 0 aromatic heterocycles. The fourth-order valence-electron chi connectivity index (χ4n) is 3.99. The summed E-state index contributed by atoms with van der Waals surface area (Å²) in [5.74, 6) is 1.55. The highest BCUT2D eigenvalue weighted by Gasteiger charge is 2.14. The number of nitrogens with zero attached hydrogens (tertiary/aromatic N) is 2. The number of nitrogens with one attached hydrogen (secondary N) is 2. The van der Waals surface area contributed by atoms with Gasteiger partial charge in [0.1, 0.15) is 0 Å². The molecule has 2 heterocycles. The van der Waals surface area contributed by atoms with E-state index in [4.69, 9.17) is 14.5 Å². The maximum absolute atomic E-state index is 5.85. The smallest absolute Gasteiger partial charge is 0.191 e. The number of benzene rings is 1. The van der Waals surface area contributed by atoms with E-state index < -0.39 is 0 Å². The van der Waals surface area contributed by atoms with Crippen molar-refractivity contribution in [2.45, 2.75) is 45.6 Å². The summed E-state index contributed by atoms with van der Waals surface area (Å²) >= 11 is 0. The molecule has 1 fully saturated rings. The van der Waals surface area contributed by atoms with E-state index in [-0.39, 0.29) is 24.0 Å². The van der Waals surface area contributed by atoms with Crippen LogP contribution in [0.5, 0.6) is 0 Å². The predicted octanol–water partition coefficient (Wildman–Crippen LogP) is 3.58. The highest BCUT2D eigenvalue weighted by Crippen LogP contribution is 2.27. The lowest BCUT2D eigenvalue weighted by molar-refractivity contribution is 0.0203. The molecule has 0 amide bonds. The third kappa shape index (κ3) is 8.23. The van der Waals surface area contributed by atoms with E-state index in [0.717, 1.165) is 71.3 Å². The minimum Gasteiger partial charge on any atom is -0.381 e. The molecule has 0 unspecified atom stereocenters. The Bertz CT molecular complexity index is 650. The van der Waals surface area contributed by atoms with Gasteiger partial charge < -0.3 is 25.0 Å². The second kappa shape index (κ2) is 14.1. The molecule has 7 heteroatoms. The van der Waals surface area contributed by atoms with Gasteiger partial charge in [0.15, 0.2) is 5.96 Å². The van der Waals surface area contributed by atoms with Crippen molar-refractivity contribution < 1.29 is 9.47 Å². The van der Waals surface area contributed by atoms with E-state index in [1.54, 1.807) is 0 Å². The van der Waals surface area contributed by atoms with Gasteiger partial charge in [0.2, 0.25) is 0 Å². The van der Waals surface area contributed by atoms with Gasteiger partial charge in [-0.2, -0.15) is 0 Å². The number of anilines is 1. The van der Waals surface area contributed by atoms with Crippen molar-refractivity contribution in [3.05, 3.63) is 29.3 Å². The van der Waals surface area contributed by atoms with E-state index in [1.165, 1.54) is 29.7 Å². The van der Waals surface area contributed by atoms with Crippen LogP contribution in [0.25, 0.3) is 0 Å². The van der Waals surface area contributed by atoms with Crippen LogP contribution in [0, 0.1) is 5.92 Å². The molecule has 6 nitrogen and oxygen atoms in total. The molecule has 0 aliphatic carbocycles. The van der Waals surface area contributed by atoms with E-state index in [9.17, 15) is 0 Å². The van der Waals surface area contributed by atoms with Crippen molar-refractivity contribution in [3.63, 3.8) is 0 Å². The van der Waals surface area contributed by atoms with Crippen molar-refractivity contribution in [3.8, 4) is 0 Å². The highest BCUT2D eigenvalue weighted by atomic mass is 127. The van der Waals surface area contributed by atoms with Crippen LogP contribution in [0.1, 0.15) is 43.7 Å². The van der Waals surface area contributed by atoms with Crippen molar-refractivity contribution in [2.24, 2.45) is 10.9 Å². The van der Waals surface area contributed by atoms with E-state index in [1.807, 2.05) is 0 Å². The molecule has 2 aliphatic rings. The van der Waals surface area contributed by atoms with Crippen molar-refractivity contribution in [1.29, 1.82) is 0 Å². The topological polar surface area (TPSA) is 58.1 Å². The maximum atomic E-state index is 5.85. The number of guanidine groups is 1. The van der Waals surface area contributed by atoms with Crippen LogP contribution in [0.2, 0.25) is 0 Å². The van der Waals surface area contributed by atoms with Gasteiger partial charge in [-0.25, -0.2) is 4.99 Å². The Morgan fingerprint density at radius 1 is 1.27 bits per heavy atom. The number of hydrogen-bond donors (Lipinski definition) is 2. The van der Waals surface area contributed by atoms with Gasteiger partial charge in [-0.1, -0.05) is 12.1 Å². The molecular formula is C23H39IN4O2. The molecule has 170 valence electrons. The normalized spacial score (nSPS) is 17.3. The zero-order valence-corrected chi connectivity index (χ0v) is 21.0. The number of ether oxygens (including phenoxy) is 2. The maximum Gasteiger partial charge on any atom is 0.191 e. The Kier molecular flexibility index (Phi) is 11.8. The third-order valence-corrected chi connectivity index (χ3v) is 5.71. The lowest BCUT2D eigenvalue weighted by atomic mass is 10.00. The first-order valence-corrected chi connectivity index (χ1v) is 11.3. The molecule has 0 saturated carbocycles. The summed E-state index contributed by atoms with van der Waals surface area (Å²) in [7, 11) is 2.18. The van der Waals surface area contributed by atoms with Crippen LogP contribution < -0.4 is 15.5 Å². The summed E-state index contributed by atoms with van der Waals surface area (Å²) in [6, 6.07) is 6.77. The van der Waals surface area contributed by atoms with Crippen LogP contribution in [-0.2, 0) is 22.4 Å². The number of rotatable bonds is 9. The lowest BCUT2D eigenvalue weighted by Crippen LogP contribution is -2.38. The van der Waals surface area contributed by atoms with Crippen LogP contribution in [0.15, 0.2) is 23.2 Å². The molecule has 3 rings (SSSR count). The minimum atomic E-state index is 0. The molecule has 0 bridgehead atoms. The Labute approximate surface area is 199 Å². The summed E-state index contributed by atoms with van der Waals surface area (Å²) in [5, 5.41) is 6.77. The molecule has 2 aliphatic heterocycles. The highest BCUT2D eigenvalue weighted by molar-refractivity contribution is 14.0. The average molecular weight is 530 g/mol. The monoisotopic (exact) mass is 530 g/mol. The Morgan fingerprint density at radius 2 is 2.10 bits per heavy atom. The molecule has 1 aromatic rings. The molecule has 0 spiro atoms. The number of halogens is 1. The summed E-state index contributed by atoms with van der Waals surface area (Å²) < 4.78 is 11.2. The predicted molar refractivity (Wildman–Crippen MR) is 135 cm³/mol. The van der Waals surface area contributed by atoms with E-state index in [2.05, 4.69) is 47.7 Å². The summed E-state index contributed by atoms with van der Waals surface area (Å²) in [6.45, 7) is 9.12. The Hall–Kier alpha value is -1.06. The molecule has 0 radical (unpaired) electrons. The number of aliphatic imine (C=N–C) groups is 1. The summed E-state index contributed by atoms with van der Waals surface area (Å²) in [4.78, 5) is 7.12. The molecule has 0 atom stereocenters. The van der Waals surface area contributed by atoms with Gasteiger partial charge in [0.05, 0.1) is 6.54 Å². The van der Waals surface area contributed by atoms with Gasteiger partial charge in [-0.3, -0.25) is 0 Å². The van der Waals surface area contributed by atoms with Crippen LogP contribution >= 0.6 is 24.0 Å². The zero-order chi connectivity index (χ0) is 20.3. The fourth-order valence-corrected chi connectivity index (χ4v) is 3.99. The largest absolute Gasteiger partial charge is 0.381 e. The van der Waals surface area contributed by atoms with Crippen molar-refractivity contribution in [2.75, 3.05) is 58.0 Å². The van der Waals surface area contributed by atoms with Gasteiger partial charge in [0.25, 0.3) is 0 Å². The number of hydrogen-bond acceptors (Lipinski definition) is 4. The third-order valence-electron chi connectivity index (χ3n) is 5.71. The quantitative estimate of drug-likeness (QED) is 0.221. The number of aryl methyl sites for hydroxylation is 1. The first kappa shape index (κ1) is 25.2. The standard InChI is InChI=1S/C23H38N4O2.HI/c1-3-24-23(25-11-5-13-29-18-19-9-14-28-15-10-19)26-17-20-7-8-22-21(16-20)6-4-12-27(22)2;/h7-8,16,19H,3-6,9-15,17-18H2,1-2H3,(H2,24,25,26);1H. The van der Waals surface area contributed by atoms with Gasteiger partial charge in [-0.05, 0) is 62.1 Å². The fraction of sp³-hybridized carbons (Fsp3) is 0.696. The van der Waals surface area contributed by atoms with Gasteiger partial charge in [-0.15, -0.1) is 24.0 Å². The first-order valence-electron chi connectivity index (χ1n) is 11.3. The second-order valence-corrected chi connectivity index (χ2v) is 8.09. The Morgan fingerprint density at radius 3 is 2.90 bits per heavy atom. The lowest BCUT2D eigenvalue weighted by Gasteiger charge is -2.27. The second-order valence-electron chi connectivity index (χ2n) is 8.09. The van der Waals surface area contributed by atoms with Gasteiger partial charge in [0, 0.05) is 58.8 Å². The molecule has 1 aromatic carbocycles. The van der Waals surface area contributed by atoms with Crippen molar-refractivity contribution in [1.82, 2.24) is 10.6 Å². The van der Waals surface area contributed by atoms with E-state index >= 15 is 0 Å². The average Bonchev–Trinajstić information content (AvgIpc) is 2.75. The van der Waals surface area contributed by atoms with E-state index in [0.29, 0.717) is 12.5 Å². The van der Waals surface area contributed by atoms with Crippen LogP contribution in [0.4, 0.5) is 5.69 Å². The van der Waals surface area contributed by atoms with Crippen LogP contribution in [-0.4, -0.2) is 59.1 Å². The Balaban J connectivity index is 0.00000320. The zero-order valence-electron chi connectivity index (χ0n) is 18.6. The molecule has 30 heavy (non-hydrogen) atoms. The molecule has 2 N–H and O–H groups in total. The summed E-state index contributed by atoms with van der Waals surface area (Å²) in [5.41, 5.74) is 4.09. The minimum absolute atomic E-state index is 0. The van der Waals surface area contributed by atoms with Crippen LogP contribution in [0.3, 0.4) is 0 Å². The molecule has 1 saturated heterocycles. The molecular weight excluding hydrogens is 491 g/mol. The SMILES string of the molecule is CCNC(=NCc1ccc2c(c1)CCCN2C)NCCCOCC1CCOCC1.I. The summed E-state index contributed by atoms with van der Waals surface area (Å²) in [6.07, 6.45) is 5.65. The van der Waals surface area contributed by atoms with Crippen molar-refractivity contribution >= 4 is 35.6 Å². The first-order chi connectivity index (χ1) is 14.3. The number of fused-ring (bicyclic) bond motifs is 1.